The highest BCUT2D eigenvalue weighted by Gasteiger charge is 2.33. The van der Waals surface area contributed by atoms with Crippen LogP contribution in [0.5, 0.6) is 0 Å². The molecule has 1 aliphatic carbocycles. The molecule has 1 unspecified atom stereocenters. The molecule has 2 N–H and O–H groups in total. The molecule has 2 heterocycles. The van der Waals surface area contributed by atoms with Gasteiger partial charge in [-0.25, -0.2) is 4.79 Å². The molecule has 3 rings (SSSR count). The molecule has 3 aliphatic rings. The predicted molar refractivity (Wildman–Crippen MR) is 60.0 cm³/mol. The third-order valence-electron chi connectivity index (χ3n) is 2.84. The number of thioether (sulfide) groups is 1. The Morgan fingerprint density at radius 1 is 1.53 bits per heavy atom. The van der Waals surface area contributed by atoms with E-state index in [1.54, 1.807) is 11.8 Å². The Bertz CT molecular complexity index is 364. The fourth-order valence-corrected chi connectivity index (χ4v) is 3.29. The minimum absolute atomic E-state index is 0.0452. The van der Waals surface area contributed by atoms with Crippen molar-refractivity contribution >= 4 is 17.8 Å². The second kappa shape index (κ2) is 3.48. The maximum atomic E-state index is 11.5. The van der Waals surface area contributed by atoms with Crippen LogP contribution in [0.2, 0.25) is 0 Å². The van der Waals surface area contributed by atoms with Crippen LogP contribution in [0.25, 0.3) is 0 Å². The van der Waals surface area contributed by atoms with Crippen molar-refractivity contribution in [3.63, 3.8) is 0 Å². The van der Waals surface area contributed by atoms with Crippen molar-refractivity contribution in [2.24, 2.45) is 0 Å². The molecule has 0 aromatic heterocycles. The van der Waals surface area contributed by atoms with Crippen molar-refractivity contribution in [3.8, 4) is 0 Å². The number of amides is 2. The first kappa shape index (κ1) is 9.15. The largest absolute Gasteiger partial charge is 0.359 e. The van der Waals surface area contributed by atoms with Gasteiger partial charge in [-0.3, -0.25) is 4.90 Å². The monoisotopic (exact) mass is 223 g/mol. The maximum absolute atomic E-state index is 11.5. The Morgan fingerprint density at radius 2 is 2.47 bits per heavy atom. The van der Waals surface area contributed by atoms with Crippen molar-refractivity contribution < 1.29 is 4.79 Å². The first-order valence-corrected chi connectivity index (χ1v) is 6.10. The quantitative estimate of drug-likeness (QED) is 0.702. The Balaban J connectivity index is 1.73. The van der Waals surface area contributed by atoms with E-state index in [2.05, 4.69) is 22.8 Å². The third-order valence-corrected chi connectivity index (χ3v) is 4.07. The number of nitrogens with zero attached hydrogens (tertiary/aromatic N) is 1. The van der Waals surface area contributed by atoms with Crippen LogP contribution in [0.3, 0.4) is 0 Å². The summed E-state index contributed by atoms with van der Waals surface area (Å²) in [6, 6.07) is 0.0452. The van der Waals surface area contributed by atoms with Crippen molar-refractivity contribution in [2.45, 2.75) is 18.3 Å². The second-order valence-electron chi connectivity index (χ2n) is 3.82. The van der Waals surface area contributed by atoms with Crippen LogP contribution >= 0.6 is 11.8 Å². The van der Waals surface area contributed by atoms with Gasteiger partial charge in [-0.1, -0.05) is 23.9 Å². The molecule has 2 aliphatic heterocycles. The van der Waals surface area contributed by atoms with E-state index in [0.717, 1.165) is 25.9 Å². The highest BCUT2D eigenvalue weighted by atomic mass is 32.2. The van der Waals surface area contributed by atoms with Crippen LogP contribution in [0.1, 0.15) is 12.8 Å². The van der Waals surface area contributed by atoms with E-state index in [1.165, 1.54) is 10.6 Å². The second-order valence-corrected chi connectivity index (χ2v) is 4.95. The van der Waals surface area contributed by atoms with Gasteiger partial charge >= 0.3 is 6.03 Å². The van der Waals surface area contributed by atoms with E-state index < -0.39 is 0 Å². The van der Waals surface area contributed by atoms with Gasteiger partial charge in [-0.05, 0) is 12.8 Å². The normalized spacial score (nSPS) is 29.2. The Hall–Kier alpha value is -1.10. The standard InChI is InChI=1S/C10H13N3OS/c14-9-11-5-6-13(9)10-12-7-3-1-2-4-8(7)15-10/h2,4,10,12H,1,3,5-6H2,(H,11,14). The van der Waals surface area contributed by atoms with Gasteiger partial charge in [0.15, 0.2) is 5.50 Å². The van der Waals surface area contributed by atoms with E-state index in [-0.39, 0.29) is 11.5 Å². The lowest BCUT2D eigenvalue weighted by atomic mass is 10.1. The molecule has 0 bridgehead atoms. The summed E-state index contributed by atoms with van der Waals surface area (Å²) in [6.07, 6.45) is 6.53. The SMILES string of the molecule is O=C1NCCN1C1NC2=C(C=CCC2)S1. The molecule has 15 heavy (non-hydrogen) atoms. The van der Waals surface area contributed by atoms with E-state index in [4.69, 9.17) is 0 Å². The number of carbonyl (C=O) groups is 1. The average molecular weight is 223 g/mol. The number of carbonyl (C=O) groups excluding carboxylic acids is 1. The summed E-state index contributed by atoms with van der Waals surface area (Å²) >= 11 is 1.74. The lowest BCUT2D eigenvalue weighted by Gasteiger charge is -2.22. The van der Waals surface area contributed by atoms with Crippen molar-refractivity contribution in [2.75, 3.05) is 13.1 Å². The summed E-state index contributed by atoms with van der Waals surface area (Å²) in [5.74, 6) is 0. The summed E-state index contributed by atoms with van der Waals surface area (Å²) in [4.78, 5) is 14.6. The molecule has 0 radical (unpaired) electrons. The molecule has 0 aromatic carbocycles. The lowest BCUT2D eigenvalue weighted by molar-refractivity contribution is 0.210. The van der Waals surface area contributed by atoms with Crippen molar-refractivity contribution in [1.29, 1.82) is 0 Å². The van der Waals surface area contributed by atoms with Gasteiger partial charge in [0.25, 0.3) is 0 Å². The lowest BCUT2D eigenvalue weighted by Crippen LogP contribution is -2.42. The Morgan fingerprint density at radius 3 is 3.20 bits per heavy atom. The summed E-state index contributed by atoms with van der Waals surface area (Å²) in [6.45, 7) is 1.56. The topological polar surface area (TPSA) is 44.4 Å². The van der Waals surface area contributed by atoms with E-state index in [0.29, 0.717) is 0 Å². The summed E-state index contributed by atoms with van der Waals surface area (Å²) < 4.78 is 0. The zero-order chi connectivity index (χ0) is 10.3. The van der Waals surface area contributed by atoms with E-state index >= 15 is 0 Å². The van der Waals surface area contributed by atoms with Crippen LogP contribution in [-0.2, 0) is 0 Å². The number of hydrogen-bond acceptors (Lipinski definition) is 3. The van der Waals surface area contributed by atoms with Crippen LogP contribution in [0.4, 0.5) is 4.79 Å². The predicted octanol–water partition coefficient (Wildman–Crippen LogP) is 1.19. The van der Waals surface area contributed by atoms with Crippen LogP contribution in [-0.4, -0.2) is 29.5 Å². The summed E-state index contributed by atoms with van der Waals surface area (Å²) in [5.41, 5.74) is 1.40. The molecule has 2 amide bonds. The summed E-state index contributed by atoms with van der Waals surface area (Å²) in [5, 5.41) is 6.25. The average Bonchev–Trinajstić information content (AvgIpc) is 2.82. The number of allylic oxidation sites excluding steroid dienone is 3. The van der Waals surface area contributed by atoms with E-state index in [1.807, 2.05) is 4.90 Å². The highest BCUT2D eigenvalue weighted by Crippen LogP contribution is 2.37. The molecule has 80 valence electrons. The first-order valence-electron chi connectivity index (χ1n) is 5.22. The van der Waals surface area contributed by atoms with Gasteiger partial charge in [0.1, 0.15) is 0 Å². The molecular formula is C10H13N3OS. The number of rotatable bonds is 1. The maximum Gasteiger partial charge on any atom is 0.319 e. The van der Waals surface area contributed by atoms with Crippen LogP contribution < -0.4 is 10.6 Å². The van der Waals surface area contributed by atoms with Gasteiger partial charge in [-0.2, -0.15) is 0 Å². The first-order chi connectivity index (χ1) is 7.34. The molecule has 4 nitrogen and oxygen atoms in total. The van der Waals surface area contributed by atoms with Crippen LogP contribution in [0.15, 0.2) is 22.8 Å². The minimum atomic E-state index is 0.0452. The van der Waals surface area contributed by atoms with Gasteiger partial charge in [0.05, 0.1) is 0 Å². The summed E-state index contributed by atoms with van der Waals surface area (Å²) in [7, 11) is 0. The molecule has 1 fully saturated rings. The van der Waals surface area contributed by atoms with Gasteiger partial charge in [-0.15, -0.1) is 0 Å². The molecule has 0 aromatic rings. The minimum Gasteiger partial charge on any atom is -0.359 e. The number of nitrogens with one attached hydrogen (secondary N) is 2. The van der Waals surface area contributed by atoms with Crippen LogP contribution in [0, 0.1) is 0 Å². The molecular weight excluding hydrogens is 210 g/mol. The zero-order valence-electron chi connectivity index (χ0n) is 8.32. The van der Waals surface area contributed by atoms with Gasteiger partial charge in [0, 0.05) is 23.7 Å². The van der Waals surface area contributed by atoms with Crippen molar-refractivity contribution in [1.82, 2.24) is 15.5 Å². The zero-order valence-corrected chi connectivity index (χ0v) is 9.14. The molecule has 5 heteroatoms. The fraction of sp³-hybridized carbons (Fsp3) is 0.500. The number of urea groups is 1. The van der Waals surface area contributed by atoms with Gasteiger partial charge in [0.2, 0.25) is 0 Å². The Kier molecular flexibility index (Phi) is 2.12. The molecule has 0 spiro atoms. The highest BCUT2D eigenvalue weighted by molar-refractivity contribution is 8.04. The molecule has 1 atom stereocenters. The van der Waals surface area contributed by atoms with Gasteiger partial charge < -0.3 is 10.6 Å². The number of hydrogen-bond donors (Lipinski definition) is 2. The van der Waals surface area contributed by atoms with E-state index in [9.17, 15) is 4.79 Å². The molecule has 0 saturated carbocycles. The third kappa shape index (κ3) is 1.51. The Labute approximate surface area is 92.8 Å². The van der Waals surface area contributed by atoms with Crippen molar-refractivity contribution in [3.05, 3.63) is 22.8 Å². The molecule has 1 saturated heterocycles. The smallest absolute Gasteiger partial charge is 0.319 e. The fourth-order valence-electron chi connectivity index (χ4n) is 2.05.